The Balaban J connectivity index is 1.87. The second-order valence-corrected chi connectivity index (χ2v) is 6.12. The van der Waals surface area contributed by atoms with Crippen LogP contribution in [0.1, 0.15) is 43.1 Å². The van der Waals surface area contributed by atoms with Gasteiger partial charge in [0.25, 0.3) is 0 Å². The van der Waals surface area contributed by atoms with Crippen LogP contribution in [0.25, 0.3) is 0 Å². The van der Waals surface area contributed by atoms with Crippen LogP contribution in [0.4, 0.5) is 0 Å². The standard InChI is InChI=1S/C12H21N3OS/c1-8(2)6-13-7-11-14-15-12(17-11)10-4-5-16-9(10)3/h8-10,13H,4-7H2,1-3H3. The molecule has 0 saturated carbocycles. The molecule has 0 aliphatic carbocycles. The van der Waals surface area contributed by atoms with Crippen LogP contribution in [0.5, 0.6) is 0 Å². The highest BCUT2D eigenvalue weighted by Gasteiger charge is 2.28. The summed E-state index contributed by atoms with van der Waals surface area (Å²) in [5.41, 5.74) is 0. The molecule has 0 bridgehead atoms. The van der Waals surface area contributed by atoms with Crippen LogP contribution in [0.15, 0.2) is 0 Å². The zero-order valence-corrected chi connectivity index (χ0v) is 11.6. The third-order valence-corrected chi connectivity index (χ3v) is 4.06. The lowest BCUT2D eigenvalue weighted by molar-refractivity contribution is 0.118. The Hall–Kier alpha value is -0.520. The van der Waals surface area contributed by atoms with Crippen molar-refractivity contribution in [2.75, 3.05) is 13.2 Å². The molecule has 1 N–H and O–H groups in total. The molecule has 1 saturated heterocycles. The van der Waals surface area contributed by atoms with Gasteiger partial charge in [-0.3, -0.25) is 0 Å². The molecule has 1 fully saturated rings. The van der Waals surface area contributed by atoms with Gasteiger partial charge in [-0.25, -0.2) is 0 Å². The number of hydrogen-bond donors (Lipinski definition) is 1. The van der Waals surface area contributed by atoms with Gasteiger partial charge >= 0.3 is 0 Å². The normalized spacial score (nSPS) is 24.7. The second kappa shape index (κ2) is 5.89. The molecule has 0 radical (unpaired) electrons. The Bertz CT molecular complexity index is 353. The largest absolute Gasteiger partial charge is 0.378 e. The lowest BCUT2D eigenvalue weighted by Crippen LogP contribution is -2.18. The topological polar surface area (TPSA) is 47.0 Å². The smallest absolute Gasteiger partial charge is 0.131 e. The predicted molar refractivity (Wildman–Crippen MR) is 69.2 cm³/mol. The Morgan fingerprint density at radius 2 is 2.29 bits per heavy atom. The van der Waals surface area contributed by atoms with Crippen molar-refractivity contribution in [3.05, 3.63) is 10.0 Å². The third kappa shape index (κ3) is 3.47. The molecular weight excluding hydrogens is 234 g/mol. The summed E-state index contributed by atoms with van der Waals surface area (Å²) in [6, 6.07) is 0. The van der Waals surface area contributed by atoms with E-state index in [1.165, 1.54) is 0 Å². The first kappa shape index (κ1) is 12.9. The van der Waals surface area contributed by atoms with E-state index in [1.807, 2.05) is 0 Å². The minimum absolute atomic E-state index is 0.291. The minimum atomic E-state index is 0.291. The van der Waals surface area contributed by atoms with Crippen LogP contribution < -0.4 is 5.32 Å². The number of aromatic nitrogens is 2. The molecule has 2 atom stereocenters. The van der Waals surface area contributed by atoms with Gasteiger partial charge < -0.3 is 10.1 Å². The SMILES string of the molecule is CC(C)CNCc1nnc(C2CCOC2C)s1. The third-order valence-electron chi connectivity index (χ3n) is 3.00. The highest BCUT2D eigenvalue weighted by molar-refractivity contribution is 7.11. The van der Waals surface area contributed by atoms with Crippen LogP contribution in [0, 0.1) is 5.92 Å². The fraction of sp³-hybridized carbons (Fsp3) is 0.833. The Labute approximate surface area is 107 Å². The van der Waals surface area contributed by atoms with E-state index in [-0.39, 0.29) is 0 Å². The molecule has 2 rings (SSSR count). The average molecular weight is 255 g/mol. The van der Waals surface area contributed by atoms with E-state index in [0.29, 0.717) is 17.9 Å². The van der Waals surface area contributed by atoms with E-state index in [1.54, 1.807) is 11.3 Å². The maximum atomic E-state index is 5.56. The van der Waals surface area contributed by atoms with Crippen LogP contribution in [-0.4, -0.2) is 29.5 Å². The molecule has 0 amide bonds. The second-order valence-electron chi connectivity index (χ2n) is 5.03. The summed E-state index contributed by atoms with van der Waals surface area (Å²) in [4.78, 5) is 0. The number of hydrogen-bond acceptors (Lipinski definition) is 5. The van der Waals surface area contributed by atoms with Crippen molar-refractivity contribution in [3.63, 3.8) is 0 Å². The number of ether oxygens (including phenoxy) is 1. The van der Waals surface area contributed by atoms with E-state index >= 15 is 0 Å². The number of rotatable bonds is 5. The highest BCUT2D eigenvalue weighted by Crippen LogP contribution is 2.32. The number of nitrogens with zero attached hydrogens (tertiary/aromatic N) is 2. The molecule has 0 spiro atoms. The van der Waals surface area contributed by atoms with Crippen molar-refractivity contribution in [2.45, 2.75) is 45.8 Å². The highest BCUT2D eigenvalue weighted by atomic mass is 32.1. The molecule has 1 aliphatic rings. The van der Waals surface area contributed by atoms with Gasteiger partial charge in [-0.2, -0.15) is 0 Å². The lowest BCUT2D eigenvalue weighted by Gasteiger charge is -2.09. The van der Waals surface area contributed by atoms with Gasteiger partial charge in [0, 0.05) is 19.1 Å². The van der Waals surface area contributed by atoms with Crippen molar-refractivity contribution in [1.82, 2.24) is 15.5 Å². The molecule has 4 nitrogen and oxygen atoms in total. The molecule has 1 aromatic rings. The van der Waals surface area contributed by atoms with E-state index in [9.17, 15) is 0 Å². The fourth-order valence-corrected chi connectivity index (χ4v) is 3.05. The predicted octanol–water partition coefficient (Wildman–Crippen LogP) is 2.18. The molecule has 1 aliphatic heterocycles. The van der Waals surface area contributed by atoms with Crippen molar-refractivity contribution >= 4 is 11.3 Å². The average Bonchev–Trinajstić information content (AvgIpc) is 2.86. The monoisotopic (exact) mass is 255 g/mol. The van der Waals surface area contributed by atoms with Gasteiger partial charge in [0.05, 0.1) is 6.10 Å². The minimum Gasteiger partial charge on any atom is -0.378 e. The van der Waals surface area contributed by atoms with E-state index in [0.717, 1.165) is 36.1 Å². The summed E-state index contributed by atoms with van der Waals surface area (Å²) >= 11 is 1.72. The Morgan fingerprint density at radius 1 is 1.47 bits per heavy atom. The molecule has 96 valence electrons. The first-order chi connectivity index (χ1) is 8.16. The first-order valence-electron chi connectivity index (χ1n) is 6.31. The molecular formula is C12H21N3OS. The summed E-state index contributed by atoms with van der Waals surface area (Å²) < 4.78 is 5.56. The van der Waals surface area contributed by atoms with E-state index < -0.39 is 0 Å². The summed E-state index contributed by atoms with van der Waals surface area (Å²) in [5, 5.41) is 14.1. The van der Waals surface area contributed by atoms with Gasteiger partial charge in [-0.05, 0) is 25.8 Å². The quantitative estimate of drug-likeness (QED) is 0.876. The summed E-state index contributed by atoms with van der Waals surface area (Å²) in [6.45, 7) is 9.24. The van der Waals surface area contributed by atoms with Crippen molar-refractivity contribution < 1.29 is 4.74 Å². The molecule has 2 unspecified atom stereocenters. The molecule has 0 aromatic carbocycles. The van der Waals surface area contributed by atoms with Crippen LogP contribution >= 0.6 is 11.3 Å². The first-order valence-corrected chi connectivity index (χ1v) is 7.13. The lowest BCUT2D eigenvalue weighted by atomic mass is 10.0. The van der Waals surface area contributed by atoms with Gasteiger partial charge in [0.15, 0.2) is 0 Å². The molecule has 5 heteroatoms. The maximum Gasteiger partial charge on any atom is 0.131 e. The fourth-order valence-electron chi connectivity index (χ4n) is 2.01. The summed E-state index contributed by atoms with van der Waals surface area (Å²) in [6.07, 6.45) is 1.37. The van der Waals surface area contributed by atoms with Gasteiger partial charge in [0.2, 0.25) is 0 Å². The molecule has 17 heavy (non-hydrogen) atoms. The molecule has 1 aromatic heterocycles. The zero-order chi connectivity index (χ0) is 12.3. The Kier molecular flexibility index (Phi) is 4.48. The van der Waals surface area contributed by atoms with Gasteiger partial charge in [-0.1, -0.05) is 25.2 Å². The van der Waals surface area contributed by atoms with Crippen molar-refractivity contribution in [3.8, 4) is 0 Å². The van der Waals surface area contributed by atoms with E-state index in [2.05, 4.69) is 36.3 Å². The van der Waals surface area contributed by atoms with Crippen LogP contribution in [-0.2, 0) is 11.3 Å². The summed E-state index contributed by atoms with van der Waals surface area (Å²) in [5.74, 6) is 1.12. The zero-order valence-electron chi connectivity index (χ0n) is 10.8. The molecule has 2 heterocycles. The van der Waals surface area contributed by atoms with Crippen LogP contribution in [0.3, 0.4) is 0 Å². The van der Waals surface area contributed by atoms with E-state index in [4.69, 9.17) is 4.74 Å². The van der Waals surface area contributed by atoms with Gasteiger partial charge in [-0.15, -0.1) is 10.2 Å². The van der Waals surface area contributed by atoms with Gasteiger partial charge in [0.1, 0.15) is 10.0 Å². The van der Waals surface area contributed by atoms with Crippen molar-refractivity contribution in [2.24, 2.45) is 5.92 Å². The number of nitrogens with one attached hydrogen (secondary N) is 1. The van der Waals surface area contributed by atoms with Crippen molar-refractivity contribution in [1.29, 1.82) is 0 Å². The maximum absolute atomic E-state index is 5.56. The summed E-state index contributed by atoms with van der Waals surface area (Å²) in [7, 11) is 0. The Morgan fingerprint density at radius 3 is 2.94 bits per heavy atom. The van der Waals surface area contributed by atoms with Crippen LogP contribution in [0.2, 0.25) is 0 Å².